The van der Waals surface area contributed by atoms with Crippen molar-refractivity contribution < 1.29 is 4.55 Å². The summed E-state index contributed by atoms with van der Waals surface area (Å²) >= 11 is 0.742. The molecule has 6 N–H and O–H groups in total. The number of anilines is 1. The highest BCUT2D eigenvalue weighted by Gasteiger charge is 2.13. The summed E-state index contributed by atoms with van der Waals surface area (Å²) in [4.78, 5) is 0.794. The maximum Gasteiger partial charge on any atom is 0.0371 e. The monoisotopic (exact) mass is 517 g/mol. The lowest BCUT2D eigenvalue weighted by Crippen LogP contribution is -2.24. The molecule has 0 aliphatic heterocycles. The Balaban J connectivity index is 0.00000334. The van der Waals surface area contributed by atoms with Gasteiger partial charge in [0.1, 0.15) is 0 Å². The van der Waals surface area contributed by atoms with E-state index in [-0.39, 0.29) is 5.92 Å². The zero-order valence-electron chi connectivity index (χ0n) is 22.7. The lowest BCUT2D eigenvalue weighted by atomic mass is 9.93. The summed E-state index contributed by atoms with van der Waals surface area (Å²) < 4.78 is 9.38. The van der Waals surface area contributed by atoms with Gasteiger partial charge < -0.3 is 21.3 Å². The van der Waals surface area contributed by atoms with Crippen LogP contribution < -0.4 is 27.2 Å². The van der Waals surface area contributed by atoms with Gasteiger partial charge in [0, 0.05) is 40.8 Å². The van der Waals surface area contributed by atoms with E-state index < -0.39 is 0 Å². The van der Waals surface area contributed by atoms with Gasteiger partial charge in [-0.05, 0) is 86.0 Å². The topological polar surface area (TPSA) is 84.3 Å². The van der Waals surface area contributed by atoms with Gasteiger partial charge in [0.05, 0.1) is 0 Å². The minimum atomic E-state index is 0.0880. The molecule has 2 aromatic rings. The third-order valence-electron chi connectivity index (χ3n) is 5.87. The molecule has 0 amide bonds. The molecule has 5 heteroatoms. The summed E-state index contributed by atoms with van der Waals surface area (Å²) in [5, 5.41) is 5.52. The van der Waals surface area contributed by atoms with Crippen molar-refractivity contribution in [3.8, 4) is 0 Å². The SMILES string of the molecule is C=C(/C=c1/ccccc1=C)[C@H](CNc1cccc(SO)c1)C/C(N)=C/CC(=C\C)/C(C)=C\C=C/C.CN. The Bertz CT molecular complexity index is 1220. The van der Waals surface area contributed by atoms with E-state index in [2.05, 4.69) is 74.5 Å². The molecule has 0 fully saturated rings. The van der Waals surface area contributed by atoms with Crippen LogP contribution in [0.15, 0.2) is 113 Å². The van der Waals surface area contributed by atoms with Crippen molar-refractivity contribution >= 4 is 30.4 Å². The molecule has 0 saturated heterocycles. The molecule has 0 bridgehead atoms. The van der Waals surface area contributed by atoms with E-state index >= 15 is 0 Å². The molecule has 2 aromatic carbocycles. The van der Waals surface area contributed by atoms with Gasteiger partial charge in [-0.2, -0.15) is 0 Å². The van der Waals surface area contributed by atoms with Gasteiger partial charge in [-0.15, -0.1) is 0 Å². The summed E-state index contributed by atoms with van der Waals surface area (Å²) in [5.41, 5.74) is 16.3. The number of rotatable bonds is 12. The van der Waals surface area contributed by atoms with Crippen LogP contribution in [0.4, 0.5) is 5.69 Å². The highest BCUT2D eigenvalue weighted by molar-refractivity contribution is 7.93. The average Bonchev–Trinajstić information content (AvgIpc) is 2.92. The Morgan fingerprint density at radius 2 is 1.86 bits per heavy atom. The summed E-state index contributed by atoms with van der Waals surface area (Å²) in [6.07, 6.45) is 14.0. The lowest BCUT2D eigenvalue weighted by Gasteiger charge is -2.20. The minimum Gasteiger partial charge on any atom is -0.402 e. The first-order valence-electron chi connectivity index (χ1n) is 12.4. The number of nitrogens with one attached hydrogen (secondary N) is 1. The first-order chi connectivity index (χ1) is 17.9. The fourth-order valence-corrected chi connectivity index (χ4v) is 4.01. The third kappa shape index (κ3) is 11.6. The molecule has 0 unspecified atom stereocenters. The van der Waals surface area contributed by atoms with Crippen LogP contribution in [0.2, 0.25) is 0 Å². The van der Waals surface area contributed by atoms with Crippen LogP contribution in [-0.4, -0.2) is 18.1 Å². The van der Waals surface area contributed by atoms with Crippen molar-refractivity contribution in [1.29, 1.82) is 0 Å². The molecule has 0 radical (unpaired) electrons. The average molecular weight is 518 g/mol. The van der Waals surface area contributed by atoms with Crippen LogP contribution in [0.3, 0.4) is 0 Å². The van der Waals surface area contributed by atoms with Gasteiger partial charge in [-0.3, -0.25) is 0 Å². The van der Waals surface area contributed by atoms with Crippen LogP contribution in [0, 0.1) is 5.92 Å². The summed E-state index contributed by atoms with van der Waals surface area (Å²) in [6.45, 7) is 15.4. The normalized spacial score (nSPS) is 13.8. The van der Waals surface area contributed by atoms with E-state index in [1.54, 1.807) is 0 Å². The number of hydrogen-bond donors (Lipinski definition) is 4. The minimum absolute atomic E-state index is 0.0880. The van der Waals surface area contributed by atoms with Crippen LogP contribution >= 0.6 is 12.0 Å². The molecule has 1 atom stereocenters. The van der Waals surface area contributed by atoms with E-state index in [1.807, 2.05) is 55.5 Å². The second-order valence-electron chi connectivity index (χ2n) is 8.49. The molecule has 0 heterocycles. The van der Waals surface area contributed by atoms with Gasteiger partial charge in [0.15, 0.2) is 0 Å². The first kappa shape index (κ1) is 31.8. The van der Waals surface area contributed by atoms with Crippen LogP contribution in [0.25, 0.3) is 12.7 Å². The zero-order valence-corrected chi connectivity index (χ0v) is 23.5. The van der Waals surface area contributed by atoms with Gasteiger partial charge in [-0.1, -0.05) is 79.9 Å². The van der Waals surface area contributed by atoms with E-state index in [0.29, 0.717) is 13.0 Å². The molecule has 0 aliphatic carbocycles. The molecule has 37 heavy (non-hydrogen) atoms. The molecule has 198 valence electrons. The Hall–Kier alpha value is -3.25. The summed E-state index contributed by atoms with van der Waals surface area (Å²) in [6, 6.07) is 15.8. The molecule has 0 saturated carbocycles. The number of benzene rings is 2. The van der Waals surface area contributed by atoms with Crippen molar-refractivity contribution in [3.63, 3.8) is 0 Å². The highest BCUT2D eigenvalue weighted by atomic mass is 32.2. The van der Waals surface area contributed by atoms with E-state index in [1.165, 1.54) is 18.2 Å². The molecule has 0 aliphatic rings. The number of nitrogens with two attached hydrogens (primary N) is 2. The predicted octanol–water partition coefficient (Wildman–Crippen LogP) is 6.39. The largest absolute Gasteiger partial charge is 0.402 e. The maximum atomic E-state index is 9.38. The van der Waals surface area contributed by atoms with Crippen molar-refractivity contribution in [2.45, 2.75) is 38.5 Å². The second kappa shape index (κ2) is 18.1. The Labute approximate surface area is 227 Å². The van der Waals surface area contributed by atoms with Crippen LogP contribution in [-0.2, 0) is 0 Å². The fourth-order valence-electron chi connectivity index (χ4n) is 3.69. The molecule has 4 nitrogen and oxygen atoms in total. The summed E-state index contributed by atoms with van der Waals surface area (Å²) in [5.74, 6) is 0.0880. The third-order valence-corrected chi connectivity index (χ3v) is 6.34. The van der Waals surface area contributed by atoms with Gasteiger partial charge in [0.25, 0.3) is 0 Å². The maximum absolute atomic E-state index is 9.38. The zero-order chi connectivity index (χ0) is 27.6. The molecular weight excluding hydrogens is 474 g/mol. The standard InChI is InChI=1S/C31H38N2OS.CH5N/c1-6-8-12-23(3)26(7-2)17-18-29(32)20-28(22-33-30-15-11-16-31(21-30)35-34)25(5)19-27-14-10-9-13-24(27)4;1-2/h6-16,18-19,21,28,33-34H,4-5,17,20,22,32H2,1-3H3;2H2,1H3/b8-6-,23-12-,26-7+,27-19-,29-18-;/t28-;/m0./s1. The molecule has 0 aromatic heterocycles. The first-order valence-corrected chi connectivity index (χ1v) is 13.2. The van der Waals surface area contributed by atoms with Crippen molar-refractivity contribution in [1.82, 2.24) is 0 Å². The molecule has 2 rings (SSSR count). The van der Waals surface area contributed by atoms with E-state index in [0.717, 1.165) is 50.8 Å². The number of hydrogen-bond acceptors (Lipinski definition) is 5. The quantitative estimate of drug-likeness (QED) is 0.194. The number of allylic oxidation sites excluding steroid dienone is 8. The molecule has 0 spiro atoms. The molecular formula is C32H43N3OS. The Morgan fingerprint density at radius 1 is 1.14 bits per heavy atom. The highest BCUT2D eigenvalue weighted by Crippen LogP contribution is 2.23. The lowest BCUT2D eigenvalue weighted by molar-refractivity contribution is 0.652. The van der Waals surface area contributed by atoms with Crippen LogP contribution in [0.5, 0.6) is 0 Å². The Morgan fingerprint density at radius 3 is 2.51 bits per heavy atom. The van der Waals surface area contributed by atoms with Gasteiger partial charge >= 0.3 is 0 Å². The fraction of sp³-hybridized carbons (Fsp3) is 0.250. The van der Waals surface area contributed by atoms with Crippen molar-refractivity contribution in [3.05, 3.63) is 118 Å². The second-order valence-corrected chi connectivity index (χ2v) is 9.15. The van der Waals surface area contributed by atoms with Gasteiger partial charge in [0.2, 0.25) is 0 Å². The smallest absolute Gasteiger partial charge is 0.0371 e. The van der Waals surface area contributed by atoms with Gasteiger partial charge in [-0.25, -0.2) is 0 Å². The van der Waals surface area contributed by atoms with Crippen LogP contribution in [0.1, 0.15) is 33.6 Å². The summed E-state index contributed by atoms with van der Waals surface area (Å²) in [7, 11) is 1.50. The van der Waals surface area contributed by atoms with Crippen molar-refractivity contribution in [2.24, 2.45) is 17.4 Å². The van der Waals surface area contributed by atoms with Crippen molar-refractivity contribution in [2.75, 3.05) is 18.9 Å². The van der Waals surface area contributed by atoms with E-state index in [9.17, 15) is 4.55 Å². The Kier molecular flexibility index (Phi) is 15.5. The van der Waals surface area contributed by atoms with E-state index in [4.69, 9.17) is 5.73 Å². The predicted molar refractivity (Wildman–Crippen MR) is 166 cm³/mol.